The molecule has 7 nitrogen and oxygen atoms in total. The molecule has 0 radical (unpaired) electrons. The van der Waals surface area contributed by atoms with E-state index in [2.05, 4.69) is 15.5 Å². The summed E-state index contributed by atoms with van der Waals surface area (Å²) in [5.41, 5.74) is 3.43. The molecule has 3 amide bonds. The van der Waals surface area contributed by atoms with E-state index in [4.69, 9.17) is 4.99 Å². The Hall–Kier alpha value is -3.35. The van der Waals surface area contributed by atoms with Gasteiger partial charge in [0.05, 0.1) is 5.69 Å². The molecular formula is C23H27N5O2. The van der Waals surface area contributed by atoms with E-state index in [1.165, 1.54) is 6.42 Å². The zero-order valence-electron chi connectivity index (χ0n) is 17.4. The minimum absolute atomic E-state index is 0.270. The van der Waals surface area contributed by atoms with E-state index in [1.807, 2.05) is 55.5 Å². The molecule has 2 N–H and O–H groups in total. The van der Waals surface area contributed by atoms with E-state index in [0.29, 0.717) is 5.69 Å². The lowest BCUT2D eigenvalue weighted by Crippen LogP contribution is -2.48. The van der Waals surface area contributed by atoms with Gasteiger partial charge >= 0.3 is 6.03 Å². The summed E-state index contributed by atoms with van der Waals surface area (Å²) in [7, 11) is 1.73. The molecular weight excluding hydrogens is 378 g/mol. The predicted molar refractivity (Wildman–Crippen MR) is 119 cm³/mol. The molecule has 0 aliphatic carbocycles. The van der Waals surface area contributed by atoms with Crippen molar-refractivity contribution in [2.75, 3.05) is 30.4 Å². The first-order valence-corrected chi connectivity index (χ1v) is 10.4. The lowest BCUT2D eigenvalue weighted by molar-refractivity contribution is -0.119. The van der Waals surface area contributed by atoms with Gasteiger partial charge in [-0.25, -0.2) is 9.79 Å². The number of likely N-dealkylation sites (N-methyl/N-ethyl adjacent to an activating group) is 1. The summed E-state index contributed by atoms with van der Waals surface area (Å²) in [6.07, 6.45) is 2.39. The van der Waals surface area contributed by atoms with Crippen LogP contribution in [-0.2, 0) is 4.79 Å². The molecule has 2 aromatic carbocycles. The number of aryl methyl sites for hydroxylation is 1. The first-order chi connectivity index (χ1) is 14.5. The second-order valence-electron chi connectivity index (χ2n) is 7.79. The van der Waals surface area contributed by atoms with E-state index in [0.717, 1.165) is 48.6 Å². The van der Waals surface area contributed by atoms with Crippen LogP contribution in [0.15, 0.2) is 53.5 Å². The van der Waals surface area contributed by atoms with Crippen LogP contribution in [-0.4, -0.2) is 49.0 Å². The number of piperidine rings is 1. The molecule has 2 aliphatic rings. The second-order valence-corrected chi connectivity index (χ2v) is 7.79. The summed E-state index contributed by atoms with van der Waals surface area (Å²) in [5.74, 6) is 0.498. The Kier molecular flexibility index (Phi) is 5.70. The topological polar surface area (TPSA) is 77.0 Å². The maximum atomic E-state index is 13.1. The third-order valence-corrected chi connectivity index (χ3v) is 5.52. The molecule has 2 aliphatic heterocycles. The number of amidine groups is 1. The van der Waals surface area contributed by atoms with E-state index < -0.39 is 12.2 Å². The largest absolute Gasteiger partial charge is 0.356 e. The van der Waals surface area contributed by atoms with E-state index in [1.54, 1.807) is 11.9 Å². The molecule has 0 aromatic heterocycles. The molecule has 4 rings (SSSR count). The summed E-state index contributed by atoms with van der Waals surface area (Å²) in [4.78, 5) is 34.3. The van der Waals surface area contributed by atoms with Crippen molar-refractivity contribution in [3.63, 3.8) is 0 Å². The Morgan fingerprint density at radius 1 is 1.07 bits per heavy atom. The number of urea groups is 1. The predicted octanol–water partition coefficient (Wildman–Crippen LogP) is 3.35. The molecule has 1 atom stereocenters. The highest BCUT2D eigenvalue weighted by Gasteiger charge is 2.32. The van der Waals surface area contributed by atoms with Crippen molar-refractivity contribution in [3.05, 3.63) is 59.7 Å². The minimum Gasteiger partial charge on any atom is -0.356 e. The number of carbonyl (C=O) groups excluding carboxylic acids is 2. The van der Waals surface area contributed by atoms with Gasteiger partial charge in [-0.05, 0) is 56.0 Å². The van der Waals surface area contributed by atoms with Gasteiger partial charge in [0, 0.05) is 31.4 Å². The van der Waals surface area contributed by atoms with Gasteiger partial charge in [0.15, 0.2) is 0 Å². The average Bonchev–Trinajstić information content (AvgIpc) is 2.85. The van der Waals surface area contributed by atoms with Crippen LogP contribution in [0.1, 0.15) is 30.4 Å². The van der Waals surface area contributed by atoms with Crippen LogP contribution >= 0.6 is 0 Å². The SMILES string of the molecule is Cc1cccc(NC(=O)NC2N=C(N3CCCCC3)c3ccccc3N(C)C2=O)c1. The Bertz CT molecular complexity index is 981. The van der Waals surface area contributed by atoms with Crippen molar-refractivity contribution in [1.29, 1.82) is 0 Å². The van der Waals surface area contributed by atoms with Gasteiger partial charge in [-0.15, -0.1) is 0 Å². The molecule has 156 valence electrons. The Morgan fingerprint density at radius 3 is 2.60 bits per heavy atom. The Balaban J connectivity index is 1.63. The highest BCUT2D eigenvalue weighted by molar-refractivity contribution is 6.12. The number of rotatable bonds is 2. The van der Waals surface area contributed by atoms with Crippen molar-refractivity contribution in [3.8, 4) is 0 Å². The van der Waals surface area contributed by atoms with Gasteiger partial charge in [-0.3, -0.25) is 4.79 Å². The standard InChI is InChI=1S/C23H27N5O2/c1-16-9-8-10-17(15-16)24-23(30)26-20-22(29)27(2)19-12-5-4-11-18(19)21(25-20)28-13-6-3-7-14-28/h4-5,8-12,15,20H,3,6-7,13-14H2,1-2H3,(H2,24,26,30). The van der Waals surface area contributed by atoms with Gasteiger partial charge in [-0.1, -0.05) is 24.3 Å². The number of nitrogens with zero attached hydrogens (tertiary/aromatic N) is 3. The van der Waals surface area contributed by atoms with Crippen molar-refractivity contribution >= 4 is 29.1 Å². The number of amides is 3. The van der Waals surface area contributed by atoms with Gasteiger partial charge < -0.3 is 20.4 Å². The van der Waals surface area contributed by atoms with Crippen LogP contribution in [0.3, 0.4) is 0 Å². The number of para-hydroxylation sites is 1. The normalized spacial score (nSPS) is 18.9. The molecule has 1 unspecified atom stereocenters. The number of anilines is 2. The average molecular weight is 406 g/mol. The first kappa shape index (κ1) is 19.9. The van der Waals surface area contributed by atoms with E-state index in [-0.39, 0.29) is 5.91 Å². The number of fused-ring (bicyclic) bond motifs is 1. The molecule has 2 heterocycles. The third-order valence-electron chi connectivity index (χ3n) is 5.52. The quantitative estimate of drug-likeness (QED) is 0.804. The maximum Gasteiger partial charge on any atom is 0.321 e. The van der Waals surface area contributed by atoms with Crippen LogP contribution in [0.4, 0.5) is 16.2 Å². The zero-order chi connectivity index (χ0) is 21.1. The summed E-state index contributed by atoms with van der Waals surface area (Å²) >= 11 is 0. The number of likely N-dealkylation sites (tertiary alicyclic amines) is 1. The number of hydrogen-bond donors (Lipinski definition) is 2. The summed E-state index contributed by atoms with van der Waals surface area (Å²) in [5, 5.41) is 5.55. The fraction of sp³-hybridized carbons (Fsp3) is 0.348. The van der Waals surface area contributed by atoms with Crippen LogP contribution in [0.2, 0.25) is 0 Å². The van der Waals surface area contributed by atoms with Crippen LogP contribution in [0.5, 0.6) is 0 Å². The number of nitrogens with one attached hydrogen (secondary N) is 2. The lowest BCUT2D eigenvalue weighted by Gasteiger charge is -2.30. The number of hydrogen-bond acceptors (Lipinski definition) is 4. The fourth-order valence-electron chi connectivity index (χ4n) is 3.97. The molecule has 0 saturated carbocycles. The zero-order valence-corrected chi connectivity index (χ0v) is 17.4. The highest BCUT2D eigenvalue weighted by atomic mass is 16.2. The van der Waals surface area contributed by atoms with E-state index >= 15 is 0 Å². The van der Waals surface area contributed by atoms with Crippen LogP contribution in [0.25, 0.3) is 0 Å². The molecule has 7 heteroatoms. The third kappa shape index (κ3) is 4.15. The molecule has 30 heavy (non-hydrogen) atoms. The summed E-state index contributed by atoms with van der Waals surface area (Å²) < 4.78 is 0. The first-order valence-electron chi connectivity index (χ1n) is 10.4. The Morgan fingerprint density at radius 2 is 1.83 bits per heavy atom. The second kappa shape index (κ2) is 8.57. The number of benzene rings is 2. The van der Waals surface area contributed by atoms with Crippen LogP contribution in [0, 0.1) is 6.92 Å². The van der Waals surface area contributed by atoms with Crippen molar-refractivity contribution in [2.45, 2.75) is 32.4 Å². The van der Waals surface area contributed by atoms with E-state index in [9.17, 15) is 9.59 Å². The molecule has 0 bridgehead atoms. The summed E-state index contributed by atoms with van der Waals surface area (Å²) in [6.45, 7) is 3.75. The van der Waals surface area contributed by atoms with Crippen LogP contribution < -0.4 is 15.5 Å². The Labute approximate surface area is 176 Å². The van der Waals surface area contributed by atoms with Crippen molar-refractivity contribution < 1.29 is 9.59 Å². The summed E-state index contributed by atoms with van der Waals surface area (Å²) in [6, 6.07) is 14.8. The monoisotopic (exact) mass is 405 g/mol. The smallest absolute Gasteiger partial charge is 0.321 e. The number of carbonyl (C=O) groups is 2. The van der Waals surface area contributed by atoms with Gasteiger partial charge in [-0.2, -0.15) is 0 Å². The van der Waals surface area contributed by atoms with Crippen molar-refractivity contribution in [1.82, 2.24) is 10.2 Å². The highest BCUT2D eigenvalue weighted by Crippen LogP contribution is 2.27. The van der Waals surface area contributed by atoms with Crippen molar-refractivity contribution in [2.24, 2.45) is 4.99 Å². The molecule has 1 fully saturated rings. The van der Waals surface area contributed by atoms with Gasteiger partial charge in [0.2, 0.25) is 6.17 Å². The molecule has 0 spiro atoms. The molecule has 2 aromatic rings. The maximum absolute atomic E-state index is 13.1. The van der Waals surface area contributed by atoms with Gasteiger partial charge in [0.25, 0.3) is 5.91 Å². The number of aliphatic imine (C=N–C) groups is 1. The number of benzodiazepines with no additional fused rings is 1. The fourth-order valence-corrected chi connectivity index (χ4v) is 3.97. The van der Waals surface area contributed by atoms with Gasteiger partial charge in [0.1, 0.15) is 5.84 Å². The lowest BCUT2D eigenvalue weighted by atomic mass is 10.1. The molecule has 1 saturated heterocycles. The minimum atomic E-state index is -0.996.